The number of aliphatic hydroxyl groups is 1. The van der Waals surface area contributed by atoms with Gasteiger partial charge in [-0.15, -0.1) is 0 Å². The van der Waals surface area contributed by atoms with Crippen LogP contribution >= 0.6 is 11.8 Å². The van der Waals surface area contributed by atoms with Crippen LogP contribution in [0, 0.1) is 0 Å². The molecule has 0 aromatic rings. The van der Waals surface area contributed by atoms with Gasteiger partial charge in [-0.2, -0.15) is 11.8 Å². The molecule has 16 heavy (non-hydrogen) atoms. The number of hydrogen-bond donors (Lipinski definition) is 4. The number of hydrogen-bond acceptors (Lipinski definition) is 4. The minimum atomic E-state index is -1.43. The molecule has 0 aliphatic heterocycles. The van der Waals surface area contributed by atoms with Crippen LogP contribution in [-0.4, -0.2) is 52.9 Å². The number of amides is 2. The highest BCUT2D eigenvalue weighted by Crippen LogP contribution is 2.01. The molecule has 0 aliphatic rings. The number of rotatable bonds is 7. The number of thioether (sulfide) groups is 1. The summed E-state index contributed by atoms with van der Waals surface area (Å²) in [6.45, 7) is 2.67. The first kappa shape index (κ1) is 15.0. The van der Waals surface area contributed by atoms with Crippen molar-refractivity contribution in [2.24, 2.45) is 0 Å². The lowest BCUT2D eigenvalue weighted by Gasteiger charge is -2.11. The molecule has 6 nitrogen and oxygen atoms in total. The molecule has 2 unspecified atom stereocenters. The number of aliphatic hydroxyl groups excluding tert-OH is 1. The maximum absolute atomic E-state index is 11.2. The third-order valence-electron chi connectivity index (χ3n) is 1.94. The molecule has 0 saturated heterocycles. The minimum absolute atomic E-state index is 0.000828. The summed E-state index contributed by atoms with van der Waals surface area (Å²) >= 11 is 1.64. The Morgan fingerprint density at radius 1 is 1.38 bits per heavy atom. The van der Waals surface area contributed by atoms with Crippen molar-refractivity contribution < 1.29 is 19.8 Å². The fourth-order valence-corrected chi connectivity index (χ4v) is 1.08. The molecule has 2 atom stereocenters. The van der Waals surface area contributed by atoms with E-state index < -0.39 is 12.1 Å². The van der Waals surface area contributed by atoms with Gasteiger partial charge in [0.05, 0.1) is 0 Å². The van der Waals surface area contributed by atoms with Crippen molar-refractivity contribution in [2.45, 2.75) is 24.7 Å². The van der Waals surface area contributed by atoms with Crippen molar-refractivity contribution in [3.05, 3.63) is 0 Å². The fraction of sp³-hybridized carbons (Fsp3) is 0.778. The zero-order chi connectivity index (χ0) is 12.6. The molecule has 0 heterocycles. The molecule has 4 N–H and O–H groups in total. The summed E-state index contributed by atoms with van der Waals surface area (Å²) in [4.78, 5) is 21.4. The molecule has 0 spiro atoms. The monoisotopic (exact) mass is 250 g/mol. The van der Waals surface area contributed by atoms with Crippen LogP contribution in [0.4, 0.5) is 4.79 Å². The molecule has 0 aromatic carbocycles. The Labute approximate surface area is 98.8 Å². The smallest absolute Gasteiger partial charge is 0.332 e. The maximum atomic E-state index is 11.2. The van der Waals surface area contributed by atoms with E-state index in [0.29, 0.717) is 11.8 Å². The average Bonchev–Trinajstić information content (AvgIpc) is 2.25. The molecule has 0 fully saturated rings. The van der Waals surface area contributed by atoms with Crippen molar-refractivity contribution in [1.29, 1.82) is 0 Å². The van der Waals surface area contributed by atoms with Crippen LogP contribution in [0.5, 0.6) is 0 Å². The van der Waals surface area contributed by atoms with Crippen LogP contribution in [-0.2, 0) is 4.79 Å². The van der Waals surface area contributed by atoms with Gasteiger partial charge in [0, 0.05) is 24.8 Å². The highest BCUT2D eigenvalue weighted by molar-refractivity contribution is 7.99. The number of carboxylic acid groups (broad SMARTS) is 1. The Kier molecular flexibility index (Phi) is 7.74. The molecule has 0 rings (SSSR count). The summed E-state index contributed by atoms with van der Waals surface area (Å²) in [6, 6.07) is -0.349. The number of carbonyl (C=O) groups is 2. The summed E-state index contributed by atoms with van der Waals surface area (Å²) in [7, 11) is 0. The summed E-state index contributed by atoms with van der Waals surface area (Å²) in [5, 5.41) is 22.7. The van der Waals surface area contributed by atoms with Crippen molar-refractivity contribution in [2.75, 3.05) is 19.3 Å². The minimum Gasteiger partial charge on any atom is -0.479 e. The van der Waals surface area contributed by atoms with Crippen molar-refractivity contribution in [3.8, 4) is 0 Å². The SMILES string of the molecule is CSC(C)CNC(=O)NCCC(O)C(=O)O. The molecule has 0 bridgehead atoms. The predicted molar refractivity (Wildman–Crippen MR) is 62.6 cm³/mol. The summed E-state index contributed by atoms with van der Waals surface area (Å²) < 4.78 is 0. The number of aliphatic carboxylic acids is 1. The molecule has 94 valence electrons. The lowest BCUT2D eigenvalue weighted by molar-refractivity contribution is -0.146. The van der Waals surface area contributed by atoms with E-state index in [9.17, 15) is 9.59 Å². The van der Waals surface area contributed by atoms with Gasteiger partial charge in [0.15, 0.2) is 6.10 Å². The van der Waals surface area contributed by atoms with Crippen LogP contribution in [0.1, 0.15) is 13.3 Å². The number of urea groups is 1. The van der Waals surface area contributed by atoms with Crippen molar-refractivity contribution in [1.82, 2.24) is 10.6 Å². The quantitative estimate of drug-likeness (QED) is 0.504. The Balaban J connectivity index is 3.55. The Hall–Kier alpha value is -0.950. The second-order valence-electron chi connectivity index (χ2n) is 3.33. The normalized spacial score (nSPS) is 13.9. The molecule has 0 radical (unpaired) electrons. The zero-order valence-corrected chi connectivity index (χ0v) is 10.2. The van der Waals surface area contributed by atoms with Gasteiger partial charge in [0.2, 0.25) is 0 Å². The largest absolute Gasteiger partial charge is 0.479 e. The summed E-state index contributed by atoms with van der Waals surface area (Å²) in [6.07, 6.45) is 0.527. The van der Waals surface area contributed by atoms with Gasteiger partial charge in [-0.1, -0.05) is 6.92 Å². The fourth-order valence-electron chi connectivity index (χ4n) is 0.828. The number of nitrogens with one attached hydrogen (secondary N) is 2. The standard InChI is InChI=1S/C9H18N2O4S/c1-6(16-2)5-11-9(15)10-4-3-7(12)8(13)14/h6-7,12H,3-5H2,1-2H3,(H,13,14)(H2,10,11,15). The molecule has 2 amide bonds. The van der Waals surface area contributed by atoms with Crippen LogP contribution in [0.25, 0.3) is 0 Å². The van der Waals surface area contributed by atoms with Crippen molar-refractivity contribution in [3.63, 3.8) is 0 Å². The number of carboxylic acids is 1. The van der Waals surface area contributed by atoms with E-state index in [1.807, 2.05) is 13.2 Å². The van der Waals surface area contributed by atoms with Crippen LogP contribution in [0.2, 0.25) is 0 Å². The third-order valence-corrected chi connectivity index (χ3v) is 2.91. The van der Waals surface area contributed by atoms with Gasteiger partial charge < -0.3 is 20.8 Å². The van der Waals surface area contributed by atoms with E-state index in [-0.39, 0.29) is 19.0 Å². The molecule has 7 heteroatoms. The molecular weight excluding hydrogens is 232 g/mol. The molecule has 0 saturated carbocycles. The predicted octanol–water partition coefficient (Wildman–Crippen LogP) is -0.127. The second kappa shape index (κ2) is 8.23. The van der Waals surface area contributed by atoms with Gasteiger partial charge in [-0.05, 0) is 6.26 Å². The van der Waals surface area contributed by atoms with Gasteiger partial charge in [0.25, 0.3) is 0 Å². The van der Waals surface area contributed by atoms with Crippen LogP contribution in [0.3, 0.4) is 0 Å². The number of carbonyl (C=O) groups excluding carboxylic acids is 1. The Bertz CT molecular complexity index is 238. The van der Waals surface area contributed by atoms with Gasteiger partial charge in [-0.25, -0.2) is 9.59 Å². The van der Waals surface area contributed by atoms with Crippen LogP contribution < -0.4 is 10.6 Å². The Morgan fingerprint density at radius 3 is 2.50 bits per heavy atom. The van der Waals surface area contributed by atoms with E-state index in [1.54, 1.807) is 11.8 Å². The zero-order valence-electron chi connectivity index (χ0n) is 9.40. The molecular formula is C9H18N2O4S. The lowest BCUT2D eigenvalue weighted by Crippen LogP contribution is -2.40. The summed E-state index contributed by atoms with van der Waals surface area (Å²) in [5.74, 6) is -1.28. The first-order valence-corrected chi connectivity index (χ1v) is 6.21. The van der Waals surface area contributed by atoms with Gasteiger partial charge >= 0.3 is 12.0 Å². The lowest BCUT2D eigenvalue weighted by atomic mass is 10.2. The van der Waals surface area contributed by atoms with Crippen molar-refractivity contribution >= 4 is 23.8 Å². The van der Waals surface area contributed by atoms with E-state index in [4.69, 9.17) is 10.2 Å². The average molecular weight is 250 g/mol. The van der Waals surface area contributed by atoms with E-state index in [2.05, 4.69) is 10.6 Å². The topological polar surface area (TPSA) is 98.7 Å². The molecule has 0 aromatic heterocycles. The molecule has 0 aliphatic carbocycles. The van der Waals surface area contributed by atoms with Crippen LogP contribution in [0.15, 0.2) is 0 Å². The second-order valence-corrected chi connectivity index (χ2v) is 4.60. The maximum Gasteiger partial charge on any atom is 0.332 e. The van der Waals surface area contributed by atoms with E-state index in [0.717, 1.165) is 0 Å². The third kappa shape index (κ3) is 7.36. The highest BCUT2D eigenvalue weighted by atomic mass is 32.2. The van der Waals surface area contributed by atoms with E-state index in [1.165, 1.54) is 0 Å². The highest BCUT2D eigenvalue weighted by Gasteiger charge is 2.12. The Morgan fingerprint density at radius 2 is 2.00 bits per heavy atom. The summed E-state index contributed by atoms with van der Waals surface area (Å²) in [5.41, 5.74) is 0. The van der Waals surface area contributed by atoms with Gasteiger partial charge in [0.1, 0.15) is 0 Å². The van der Waals surface area contributed by atoms with Gasteiger partial charge in [-0.3, -0.25) is 0 Å². The first-order valence-electron chi connectivity index (χ1n) is 4.92. The van der Waals surface area contributed by atoms with E-state index >= 15 is 0 Å². The first-order chi connectivity index (χ1) is 7.47.